The Bertz CT molecular complexity index is 586. The van der Waals surface area contributed by atoms with Gasteiger partial charge in [-0.15, -0.1) is 0 Å². The molecule has 0 fully saturated rings. The van der Waals surface area contributed by atoms with Crippen molar-refractivity contribution in [2.45, 2.75) is 12.5 Å². The summed E-state index contributed by atoms with van der Waals surface area (Å²) >= 11 is 1.69. The third-order valence-electron chi connectivity index (χ3n) is 3.24. The fourth-order valence-electron chi connectivity index (χ4n) is 2.06. The van der Waals surface area contributed by atoms with Gasteiger partial charge in [0.05, 0.1) is 6.04 Å². The van der Waals surface area contributed by atoms with E-state index in [0.717, 1.165) is 22.6 Å². The molecule has 0 radical (unpaired) electrons. The van der Waals surface area contributed by atoms with Crippen molar-refractivity contribution in [3.05, 3.63) is 54.6 Å². The van der Waals surface area contributed by atoms with Crippen molar-refractivity contribution < 1.29 is 4.79 Å². The number of thioether (sulfide) groups is 1. The van der Waals surface area contributed by atoms with Crippen LogP contribution in [0.5, 0.6) is 0 Å². The molecule has 2 rings (SSSR count). The molecule has 0 bridgehead atoms. The predicted molar refractivity (Wildman–Crippen MR) is 91.5 cm³/mol. The molecule has 0 aliphatic carbocycles. The molecule has 0 heterocycles. The van der Waals surface area contributed by atoms with Crippen molar-refractivity contribution in [3.63, 3.8) is 0 Å². The van der Waals surface area contributed by atoms with Crippen molar-refractivity contribution in [1.29, 1.82) is 0 Å². The molecular formula is C17H20N2OS. The first-order chi connectivity index (χ1) is 10.2. The molecule has 1 atom stereocenters. The first-order valence-electron chi connectivity index (χ1n) is 6.92. The maximum atomic E-state index is 12.2. The molecule has 21 heavy (non-hydrogen) atoms. The molecule has 0 spiro atoms. The lowest BCUT2D eigenvalue weighted by atomic mass is 10.0. The maximum absolute atomic E-state index is 12.2. The predicted octanol–water partition coefficient (Wildman–Crippen LogP) is 3.37. The van der Waals surface area contributed by atoms with E-state index in [1.165, 1.54) is 0 Å². The summed E-state index contributed by atoms with van der Waals surface area (Å²) in [6, 6.07) is 17.3. The molecule has 0 aliphatic rings. The number of rotatable bonds is 6. The number of carbonyl (C=O) groups is 1. The molecule has 0 aromatic heterocycles. The highest BCUT2D eigenvalue weighted by molar-refractivity contribution is 7.98. The molecule has 2 aromatic rings. The summed E-state index contributed by atoms with van der Waals surface area (Å²) in [5.41, 5.74) is 8.79. The fourth-order valence-corrected chi connectivity index (χ4v) is 2.55. The minimum atomic E-state index is -0.471. The third kappa shape index (κ3) is 4.34. The first-order valence-corrected chi connectivity index (χ1v) is 8.31. The van der Waals surface area contributed by atoms with Crippen LogP contribution in [0.3, 0.4) is 0 Å². The summed E-state index contributed by atoms with van der Waals surface area (Å²) in [4.78, 5) is 12.2. The smallest absolute Gasteiger partial charge is 0.241 e. The Morgan fingerprint density at radius 3 is 2.52 bits per heavy atom. The van der Waals surface area contributed by atoms with E-state index in [2.05, 4.69) is 5.32 Å². The van der Waals surface area contributed by atoms with E-state index < -0.39 is 6.04 Å². The van der Waals surface area contributed by atoms with Gasteiger partial charge in [0.2, 0.25) is 5.91 Å². The van der Waals surface area contributed by atoms with Gasteiger partial charge in [-0.2, -0.15) is 11.8 Å². The van der Waals surface area contributed by atoms with E-state index in [1.54, 1.807) is 11.8 Å². The number of anilines is 1. The Morgan fingerprint density at radius 1 is 1.14 bits per heavy atom. The Balaban J connectivity index is 2.16. The van der Waals surface area contributed by atoms with Crippen LogP contribution in [-0.2, 0) is 4.79 Å². The zero-order chi connectivity index (χ0) is 15.1. The zero-order valence-corrected chi connectivity index (χ0v) is 12.9. The van der Waals surface area contributed by atoms with Gasteiger partial charge in [0, 0.05) is 11.3 Å². The van der Waals surface area contributed by atoms with E-state index in [9.17, 15) is 4.79 Å². The lowest BCUT2D eigenvalue weighted by Gasteiger charge is -2.14. The van der Waals surface area contributed by atoms with Crippen LogP contribution in [0.1, 0.15) is 6.42 Å². The second kappa shape index (κ2) is 7.86. The summed E-state index contributed by atoms with van der Waals surface area (Å²) < 4.78 is 0. The molecule has 3 N–H and O–H groups in total. The van der Waals surface area contributed by atoms with Gasteiger partial charge in [-0.1, -0.05) is 48.5 Å². The third-order valence-corrected chi connectivity index (χ3v) is 3.88. The van der Waals surface area contributed by atoms with Crippen LogP contribution in [0.25, 0.3) is 11.1 Å². The molecule has 110 valence electrons. The minimum Gasteiger partial charge on any atom is -0.324 e. The van der Waals surface area contributed by atoms with Gasteiger partial charge in [0.1, 0.15) is 0 Å². The van der Waals surface area contributed by atoms with Gasteiger partial charge >= 0.3 is 0 Å². The van der Waals surface area contributed by atoms with Crippen molar-refractivity contribution in [2.75, 3.05) is 17.3 Å². The standard InChI is InChI=1S/C17H20N2OS/c1-21-12-11-15(18)17(20)19-16-10-6-5-9-14(16)13-7-3-2-4-8-13/h2-10,15H,11-12,18H2,1H3,(H,19,20)/t15-/m1/s1. The summed E-state index contributed by atoms with van der Waals surface area (Å²) in [7, 11) is 0. The highest BCUT2D eigenvalue weighted by atomic mass is 32.2. The Kier molecular flexibility index (Phi) is 5.84. The molecule has 0 saturated carbocycles. The van der Waals surface area contributed by atoms with Crippen molar-refractivity contribution >= 4 is 23.4 Å². The minimum absolute atomic E-state index is 0.132. The molecule has 0 aliphatic heterocycles. The Morgan fingerprint density at radius 2 is 1.81 bits per heavy atom. The summed E-state index contributed by atoms with van der Waals surface area (Å²) in [6.07, 6.45) is 2.69. The van der Waals surface area contributed by atoms with Crippen LogP contribution in [-0.4, -0.2) is 24.0 Å². The van der Waals surface area contributed by atoms with Gasteiger partial charge in [0.25, 0.3) is 0 Å². The molecule has 1 amide bonds. The Labute approximate surface area is 129 Å². The fraction of sp³-hybridized carbons (Fsp3) is 0.235. The number of nitrogens with two attached hydrogens (primary N) is 1. The second-order valence-corrected chi connectivity index (χ2v) is 5.77. The average Bonchev–Trinajstić information content (AvgIpc) is 2.54. The van der Waals surface area contributed by atoms with E-state index >= 15 is 0 Å². The van der Waals surface area contributed by atoms with Crippen LogP contribution < -0.4 is 11.1 Å². The SMILES string of the molecule is CSCC[C@@H](N)C(=O)Nc1ccccc1-c1ccccc1. The van der Waals surface area contributed by atoms with Crippen LogP contribution >= 0.6 is 11.8 Å². The van der Waals surface area contributed by atoms with Crippen molar-refractivity contribution in [2.24, 2.45) is 5.73 Å². The molecular weight excluding hydrogens is 280 g/mol. The molecule has 3 nitrogen and oxygen atoms in total. The molecule has 2 aromatic carbocycles. The molecule has 0 unspecified atom stereocenters. The summed E-state index contributed by atoms with van der Waals surface area (Å²) in [5, 5.41) is 2.94. The van der Waals surface area contributed by atoms with E-state index in [1.807, 2.05) is 60.9 Å². The van der Waals surface area contributed by atoms with Gasteiger partial charge in [0.15, 0.2) is 0 Å². The number of para-hydroxylation sites is 1. The van der Waals surface area contributed by atoms with E-state index in [4.69, 9.17) is 5.73 Å². The Hall–Kier alpha value is -1.78. The second-order valence-electron chi connectivity index (χ2n) is 4.79. The van der Waals surface area contributed by atoms with Crippen molar-refractivity contribution in [3.8, 4) is 11.1 Å². The quantitative estimate of drug-likeness (QED) is 0.860. The number of benzene rings is 2. The number of amides is 1. The largest absolute Gasteiger partial charge is 0.324 e. The van der Waals surface area contributed by atoms with Crippen molar-refractivity contribution in [1.82, 2.24) is 0 Å². The molecule has 0 saturated heterocycles. The van der Waals surface area contributed by atoms with E-state index in [-0.39, 0.29) is 5.91 Å². The van der Waals surface area contributed by atoms with Crippen LogP contribution in [0.2, 0.25) is 0 Å². The topological polar surface area (TPSA) is 55.1 Å². The zero-order valence-electron chi connectivity index (χ0n) is 12.1. The number of hydrogen-bond acceptors (Lipinski definition) is 3. The van der Waals surface area contributed by atoms with Crippen LogP contribution in [0.4, 0.5) is 5.69 Å². The first kappa shape index (κ1) is 15.6. The highest BCUT2D eigenvalue weighted by Gasteiger charge is 2.14. The highest BCUT2D eigenvalue weighted by Crippen LogP contribution is 2.27. The van der Waals surface area contributed by atoms with Crippen LogP contribution in [0.15, 0.2) is 54.6 Å². The van der Waals surface area contributed by atoms with Gasteiger partial charge in [-0.3, -0.25) is 4.79 Å². The number of nitrogens with one attached hydrogen (secondary N) is 1. The lowest BCUT2D eigenvalue weighted by Crippen LogP contribution is -2.36. The van der Waals surface area contributed by atoms with Gasteiger partial charge in [-0.25, -0.2) is 0 Å². The monoisotopic (exact) mass is 300 g/mol. The lowest BCUT2D eigenvalue weighted by molar-refractivity contribution is -0.117. The normalized spacial score (nSPS) is 11.9. The number of carbonyl (C=O) groups excluding carboxylic acids is 1. The summed E-state index contributed by atoms with van der Waals surface area (Å²) in [5.74, 6) is 0.752. The van der Waals surface area contributed by atoms with Gasteiger partial charge < -0.3 is 11.1 Å². The number of hydrogen-bond donors (Lipinski definition) is 2. The van der Waals surface area contributed by atoms with E-state index in [0.29, 0.717) is 6.42 Å². The maximum Gasteiger partial charge on any atom is 0.241 e. The average molecular weight is 300 g/mol. The molecule has 4 heteroatoms. The summed E-state index contributed by atoms with van der Waals surface area (Å²) in [6.45, 7) is 0. The van der Waals surface area contributed by atoms with Crippen LogP contribution in [0, 0.1) is 0 Å². The van der Waals surface area contributed by atoms with Gasteiger partial charge in [-0.05, 0) is 30.1 Å².